The zero-order chi connectivity index (χ0) is 10.1. The van der Waals surface area contributed by atoms with E-state index in [-0.39, 0.29) is 5.92 Å². The van der Waals surface area contributed by atoms with E-state index in [1.807, 2.05) is 6.92 Å². The van der Waals surface area contributed by atoms with Crippen LogP contribution in [0.5, 0.6) is 0 Å². The van der Waals surface area contributed by atoms with Gasteiger partial charge in [0.1, 0.15) is 18.4 Å². The standard InChI is InChI=1S/C9H17FO3/c1-4-9(5-10)6(2)7(11)8(12-3)13-9/h6-8,11H,4-5H2,1-3H3/t6-,7+,8?,9-/m0/s1. The summed E-state index contributed by atoms with van der Waals surface area (Å²) in [7, 11) is 1.45. The average molecular weight is 192 g/mol. The van der Waals surface area contributed by atoms with Crippen LogP contribution in [0.1, 0.15) is 20.3 Å². The van der Waals surface area contributed by atoms with Gasteiger partial charge in [0.2, 0.25) is 0 Å². The van der Waals surface area contributed by atoms with Gasteiger partial charge in [0.05, 0.1) is 0 Å². The summed E-state index contributed by atoms with van der Waals surface area (Å²) >= 11 is 0. The van der Waals surface area contributed by atoms with E-state index >= 15 is 0 Å². The third kappa shape index (κ3) is 1.58. The van der Waals surface area contributed by atoms with E-state index in [4.69, 9.17) is 9.47 Å². The van der Waals surface area contributed by atoms with Gasteiger partial charge in [-0.1, -0.05) is 13.8 Å². The predicted molar refractivity (Wildman–Crippen MR) is 46.0 cm³/mol. The Hall–Kier alpha value is -0.190. The lowest BCUT2D eigenvalue weighted by molar-refractivity contribution is -0.181. The normalized spacial score (nSPS) is 45.5. The number of rotatable bonds is 3. The van der Waals surface area contributed by atoms with E-state index in [1.165, 1.54) is 7.11 Å². The van der Waals surface area contributed by atoms with Crippen LogP contribution in [0.3, 0.4) is 0 Å². The zero-order valence-electron chi connectivity index (χ0n) is 8.29. The van der Waals surface area contributed by atoms with Crippen LogP contribution >= 0.6 is 0 Å². The Balaban J connectivity index is 2.79. The number of halogens is 1. The molecule has 0 aliphatic carbocycles. The Labute approximate surface area is 77.8 Å². The van der Waals surface area contributed by atoms with Gasteiger partial charge in [0, 0.05) is 13.0 Å². The molecule has 1 unspecified atom stereocenters. The molecule has 0 aromatic heterocycles. The van der Waals surface area contributed by atoms with Gasteiger partial charge >= 0.3 is 0 Å². The summed E-state index contributed by atoms with van der Waals surface area (Å²) in [5, 5.41) is 9.64. The van der Waals surface area contributed by atoms with Crippen molar-refractivity contribution in [1.82, 2.24) is 0 Å². The van der Waals surface area contributed by atoms with Crippen LogP contribution in [0, 0.1) is 5.92 Å². The summed E-state index contributed by atoms with van der Waals surface area (Å²) in [5.41, 5.74) is -0.861. The number of aliphatic hydroxyl groups excluding tert-OH is 1. The van der Waals surface area contributed by atoms with Gasteiger partial charge in [0.25, 0.3) is 0 Å². The second-order valence-corrected chi connectivity index (χ2v) is 3.55. The predicted octanol–water partition coefficient (Wildman–Crippen LogP) is 1.10. The second kappa shape index (κ2) is 3.90. The maximum absolute atomic E-state index is 12.8. The molecule has 1 fully saturated rings. The molecule has 0 aromatic rings. The molecule has 0 aromatic carbocycles. The number of ether oxygens (including phenoxy) is 2. The van der Waals surface area contributed by atoms with Crippen LogP contribution in [-0.2, 0) is 9.47 Å². The van der Waals surface area contributed by atoms with Crippen molar-refractivity contribution >= 4 is 0 Å². The molecule has 1 N–H and O–H groups in total. The highest BCUT2D eigenvalue weighted by molar-refractivity contribution is 4.96. The summed E-state index contributed by atoms with van der Waals surface area (Å²) in [6, 6.07) is 0. The van der Waals surface area contributed by atoms with Crippen molar-refractivity contribution in [2.45, 2.75) is 38.3 Å². The summed E-state index contributed by atoms with van der Waals surface area (Å²) in [6.07, 6.45) is -0.881. The molecule has 1 aliphatic heterocycles. The first-order chi connectivity index (χ1) is 6.11. The summed E-state index contributed by atoms with van der Waals surface area (Å²) in [6.45, 7) is 3.05. The molecule has 1 saturated heterocycles. The molecule has 13 heavy (non-hydrogen) atoms. The lowest BCUT2D eigenvalue weighted by atomic mass is 9.86. The SMILES string of the molecule is CC[C@@]1(CF)OC(OC)[C@H](O)[C@@H]1C. The lowest BCUT2D eigenvalue weighted by Gasteiger charge is -2.28. The minimum absolute atomic E-state index is 0.229. The summed E-state index contributed by atoms with van der Waals surface area (Å²) in [5.74, 6) is -0.229. The maximum Gasteiger partial charge on any atom is 0.184 e. The van der Waals surface area contributed by atoms with Crippen LogP contribution in [0.4, 0.5) is 4.39 Å². The third-order valence-corrected chi connectivity index (χ3v) is 3.03. The highest BCUT2D eigenvalue weighted by Gasteiger charge is 2.51. The zero-order valence-corrected chi connectivity index (χ0v) is 8.29. The van der Waals surface area contributed by atoms with Gasteiger partial charge in [-0.25, -0.2) is 4.39 Å². The van der Waals surface area contributed by atoms with Crippen molar-refractivity contribution in [2.24, 2.45) is 5.92 Å². The largest absolute Gasteiger partial charge is 0.387 e. The molecule has 0 spiro atoms. The van der Waals surface area contributed by atoms with Gasteiger partial charge in [-0.2, -0.15) is 0 Å². The van der Waals surface area contributed by atoms with Crippen LogP contribution in [0.2, 0.25) is 0 Å². The Kier molecular flexibility index (Phi) is 3.27. The van der Waals surface area contributed by atoms with E-state index in [1.54, 1.807) is 6.92 Å². The molecule has 1 rings (SSSR count). The van der Waals surface area contributed by atoms with Crippen molar-refractivity contribution in [2.75, 3.05) is 13.8 Å². The smallest absolute Gasteiger partial charge is 0.184 e. The van der Waals surface area contributed by atoms with Gasteiger partial charge in [0.15, 0.2) is 6.29 Å². The number of methoxy groups -OCH3 is 1. The third-order valence-electron chi connectivity index (χ3n) is 3.03. The molecule has 1 heterocycles. The van der Waals surface area contributed by atoms with Crippen LogP contribution in [0.25, 0.3) is 0 Å². The van der Waals surface area contributed by atoms with Gasteiger partial charge in [-0.15, -0.1) is 0 Å². The fourth-order valence-corrected chi connectivity index (χ4v) is 1.80. The van der Waals surface area contributed by atoms with Crippen molar-refractivity contribution in [3.05, 3.63) is 0 Å². The molecule has 0 saturated carbocycles. The highest BCUT2D eigenvalue weighted by Crippen LogP contribution is 2.39. The first-order valence-corrected chi connectivity index (χ1v) is 4.56. The number of hydrogen-bond acceptors (Lipinski definition) is 3. The molecule has 3 nitrogen and oxygen atoms in total. The highest BCUT2D eigenvalue weighted by atomic mass is 19.1. The van der Waals surface area contributed by atoms with E-state index in [2.05, 4.69) is 0 Å². The van der Waals surface area contributed by atoms with Crippen LogP contribution in [0.15, 0.2) is 0 Å². The van der Waals surface area contributed by atoms with E-state index in [9.17, 15) is 9.50 Å². The van der Waals surface area contributed by atoms with Crippen molar-refractivity contribution in [3.8, 4) is 0 Å². The molecule has 0 radical (unpaired) electrons. The Bertz CT molecular complexity index is 170. The fraction of sp³-hybridized carbons (Fsp3) is 1.00. The van der Waals surface area contributed by atoms with E-state index in [0.717, 1.165) is 0 Å². The maximum atomic E-state index is 12.8. The first kappa shape index (κ1) is 10.9. The number of alkyl halides is 1. The molecular weight excluding hydrogens is 175 g/mol. The molecule has 4 atom stereocenters. The Morgan fingerprint density at radius 3 is 2.46 bits per heavy atom. The van der Waals surface area contributed by atoms with Gasteiger partial charge in [-0.05, 0) is 6.42 Å². The summed E-state index contributed by atoms with van der Waals surface area (Å²) in [4.78, 5) is 0. The van der Waals surface area contributed by atoms with Crippen molar-refractivity contribution < 1.29 is 19.0 Å². The van der Waals surface area contributed by atoms with Gasteiger partial charge < -0.3 is 14.6 Å². The lowest BCUT2D eigenvalue weighted by Crippen LogP contribution is -2.38. The molecule has 78 valence electrons. The first-order valence-electron chi connectivity index (χ1n) is 4.56. The van der Waals surface area contributed by atoms with E-state index < -0.39 is 24.7 Å². The Morgan fingerprint density at radius 2 is 2.23 bits per heavy atom. The van der Waals surface area contributed by atoms with E-state index in [0.29, 0.717) is 6.42 Å². The minimum Gasteiger partial charge on any atom is -0.387 e. The molecule has 4 heteroatoms. The van der Waals surface area contributed by atoms with Crippen molar-refractivity contribution in [1.29, 1.82) is 0 Å². The van der Waals surface area contributed by atoms with Crippen LogP contribution in [-0.4, -0.2) is 36.9 Å². The second-order valence-electron chi connectivity index (χ2n) is 3.55. The molecule has 0 amide bonds. The van der Waals surface area contributed by atoms with Crippen LogP contribution < -0.4 is 0 Å². The van der Waals surface area contributed by atoms with Gasteiger partial charge in [-0.3, -0.25) is 0 Å². The molecule has 0 bridgehead atoms. The minimum atomic E-state index is -0.861. The topological polar surface area (TPSA) is 38.7 Å². The number of aliphatic hydroxyl groups is 1. The van der Waals surface area contributed by atoms with Crippen molar-refractivity contribution in [3.63, 3.8) is 0 Å². The monoisotopic (exact) mass is 192 g/mol. The molecule has 1 aliphatic rings. The number of hydrogen-bond donors (Lipinski definition) is 1. The molecular formula is C9H17FO3. The Morgan fingerprint density at radius 1 is 1.62 bits per heavy atom. The fourth-order valence-electron chi connectivity index (χ4n) is 1.80. The summed E-state index contributed by atoms with van der Waals surface area (Å²) < 4.78 is 23.1. The quantitative estimate of drug-likeness (QED) is 0.727. The average Bonchev–Trinajstić information content (AvgIpc) is 2.42.